The van der Waals surface area contributed by atoms with E-state index in [1.165, 1.54) is 0 Å². The molecule has 0 aliphatic rings. The minimum absolute atomic E-state index is 0.0500. The molecule has 2 N–H and O–H groups in total. The highest BCUT2D eigenvalue weighted by Gasteiger charge is 2.14. The molecule has 0 aromatic heterocycles. The topological polar surface area (TPSA) is 46.3 Å². The molecule has 0 aliphatic carbocycles. The van der Waals surface area contributed by atoms with Gasteiger partial charge in [0.2, 0.25) is 5.91 Å². The van der Waals surface area contributed by atoms with Gasteiger partial charge in [-0.05, 0) is 23.8 Å². The van der Waals surface area contributed by atoms with E-state index in [4.69, 9.17) is 17.3 Å². The lowest BCUT2D eigenvalue weighted by molar-refractivity contribution is -0.117. The molecule has 19 heavy (non-hydrogen) atoms. The van der Waals surface area contributed by atoms with Crippen LogP contribution in [0.4, 0.5) is 11.4 Å². The zero-order chi connectivity index (χ0) is 13.8. The van der Waals surface area contributed by atoms with Gasteiger partial charge in [0.15, 0.2) is 0 Å². The Bertz CT molecular complexity index is 598. The van der Waals surface area contributed by atoms with Crippen molar-refractivity contribution in [1.29, 1.82) is 0 Å². The summed E-state index contributed by atoms with van der Waals surface area (Å²) >= 11 is 6.05. The lowest BCUT2D eigenvalue weighted by Gasteiger charge is -2.19. The molecule has 0 atom stereocenters. The van der Waals surface area contributed by atoms with Crippen LogP contribution in [0.25, 0.3) is 0 Å². The lowest BCUT2D eigenvalue weighted by Crippen LogP contribution is -2.28. The number of likely N-dealkylation sites (N-methyl/N-ethyl adjacent to an activating group) is 1. The second-order valence-electron chi connectivity index (χ2n) is 4.28. The standard InChI is InChI=1S/C15H15ClN2O/c1-18(14-9-5-4-8-13(14)17)15(19)10-11-6-2-3-7-12(11)16/h2-9H,10,17H2,1H3. The largest absolute Gasteiger partial charge is 0.397 e. The fraction of sp³-hybridized carbons (Fsp3) is 0.133. The summed E-state index contributed by atoms with van der Waals surface area (Å²) in [6.07, 6.45) is 0.254. The van der Waals surface area contributed by atoms with E-state index in [-0.39, 0.29) is 12.3 Å². The predicted molar refractivity (Wildman–Crippen MR) is 79.4 cm³/mol. The van der Waals surface area contributed by atoms with Gasteiger partial charge in [0, 0.05) is 12.1 Å². The van der Waals surface area contributed by atoms with Crippen molar-refractivity contribution in [2.75, 3.05) is 17.7 Å². The number of nitrogen functional groups attached to an aromatic ring is 1. The highest BCUT2D eigenvalue weighted by molar-refractivity contribution is 6.31. The summed E-state index contributed by atoms with van der Waals surface area (Å²) in [4.78, 5) is 13.8. The van der Waals surface area contributed by atoms with Crippen molar-refractivity contribution in [2.24, 2.45) is 0 Å². The molecule has 2 rings (SSSR count). The molecule has 4 heteroatoms. The number of hydrogen-bond acceptors (Lipinski definition) is 2. The smallest absolute Gasteiger partial charge is 0.231 e. The molecular weight excluding hydrogens is 260 g/mol. The van der Waals surface area contributed by atoms with E-state index in [0.717, 1.165) is 5.56 Å². The van der Waals surface area contributed by atoms with Crippen LogP contribution in [0, 0.1) is 0 Å². The van der Waals surface area contributed by atoms with Crippen molar-refractivity contribution in [3.8, 4) is 0 Å². The average Bonchev–Trinajstić information content (AvgIpc) is 2.41. The molecule has 0 radical (unpaired) electrons. The van der Waals surface area contributed by atoms with Crippen molar-refractivity contribution in [2.45, 2.75) is 6.42 Å². The molecule has 98 valence electrons. The fourth-order valence-corrected chi connectivity index (χ4v) is 2.05. The Morgan fingerprint density at radius 2 is 1.79 bits per heavy atom. The first-order valence-electron chi connectivity index (χ1n) is 5.94. The van der Waals surface area contributed by atoms with Crippen LogP contribution in [-0.4, -0.2) is 13.0 Å². The molecule has 2 aromatic rings. The predicted octanol–water partition coefficient (Wildman–Crippen LogP) is 3.13. The number of anilines is 2. The molecule has 0 bridgehead atoms. The first-order valence-corrected chi connectivity index (χ1v) is 6.32. The van der Waals surface area contributed by atoms with E-state index in [1.807, 2.05) is 36.4 Å². The number of para-hydroxylation sites is 2. The molecule has 0 saturated heterocycles. The Hall–Kier alpha value is -2.00. The van der Waals surface area contributed by atoms with Crippen molar-refractivity contribution in [3.05, 3.63) is 59.1 Å². The molecule has 0 unspecified atom stereocenters. The third-order valence-corrected chi connectivity index (χ3v) is 3.34. The van der Waals surface area contributed by atoms with Crippen LogP contribution in [0.15, 0.2) is 48.5 Å². The molecule has 0 heterocycles. The Kier molecular flexibility index (Phi) is 4.07. The number of rotatable bonds is 3. The fourth-order valence-electron chi connectivity index (χ4n) is 1.85. The van der Waals surface area contributed by atoms with Gasteiger partial charge in [0.1, 0.15) is 0 Å². The van der Waals surface area contributed by atoms with Gasteiger partial charge in [-0.1, -0.05) is 41.9 Å². The minimum atomic E-state index is -0.0500. The molecule has 2 aromatic carbocycles. The number of benzene rings is 2. The summed E-state index contributed by atoms with van der Waals surface area (Å²) < 4.78 is 0. The summed E-state index contributed by atoms with van der Waals surface area (Å²) in [6.45, 7) is 0. The van der Waals surface area contributed by atoms with E-state index >= 15 is 0 Å². The number of nitrogens with two attached hydrogens (primary N) is 1. The van der Waals surface area contributed by atoms with Crippen molar-refractivity contribution in [1.82, 2.24) is 0 Å². The van der Waals surface area contributed by atoms with Gasteiger partial charge < -0.3 is 10.6 Å². The minimum Gasteiger partial charge on any atom is -0.397 e. The maximum atomic E-state index is 12.2. The second-order valence-corrected chi connectivity index (χ2v) is 4.69. The van der Waals surface area contributed by atoms with E-state index in [0.29, 0.717) is 16.4 Å². The third kappa shape index (κ3) is 3.06. The second kappa shape index (κ2) is 5.76. The van der Waals surface area contributed by atoms with Crippen LogP contribution >= 0.6 is 11.6 Å². The van der Waals surface area contributed by atoms with E-state index in [9.17, 15) is 4.79 Å². The molecular formula is C15H15ClN2O. The van der Waals surface area contributed by atoms with Gasteiger partial charge >= 0.3 is 0 Å². The highest BCUT2D eigenvalue weighted by Crippen LogP contribution is 2.23. The summed E-state index contributed by atoms with van der Waals surface area (Å²) in [5, 5.41) is 0.602. The maximum Gasteiger partial charge on any atom is 0.231 e. The summed E-state index contributed by atoms with van der Waals surface area (Å²) in [7, 11) is 1.71. The normalized spacial score (nSPS) is 10.2. The zero-order valence-electron chi connectivity index (χ0n) is 10.6. The van der Waals surface area contributed by atoms with E-state index < -0.39 is 0 Å². The van der Waals surface area contributed by atoms with Crippen LogP contribution in [-0.2, 0) is 11.2 Å². The Morgan fingerprint density at radius 1 is 1.16 bits per heavy atom. The zero-order valence-corrected chi connectivity index (χ0v) is 11.4. The number of amides is 1. The summed E-state index contributed by atoms with van der Waals surface area (Å²) in [5.74, 6) is -0.0500. The summed E-state index contributed by atoms with van der Waals surface area (Å²) in [6, 6.07) is 14.6. The van der Waals surface area contributed by atoms with Crippen LogP contribution in [0.2, 0.25) is 5.02 Å². The monoisotopic (exact) mass is 274 g/mol. The van der Waals surface area contributed by atoms with Gasteiger partial charge in [0.25, 0.3) is 0 Å². The van der Waals surface area contributed by atoms with Gasteiger partial charge in [-0.25, -0.2) is 0 Å². The number of carbonyl (C=O) groups excluding carboxylic acids is 1. The van der Waals surface area contributed by atoms with Crippen molar-refractivity contribution < 1.29 is 4.79 Å². The van der Waals surface area contributed by atoms with Crippen LogP contribution in [0.1, 0.15) is 5.56 Å². The van der Waals surface area contributed by atoms with Crippen LogP contribution < -0.4 is 10.6 Å². The number of nitrogens with zero attached hydrogens (tertiary/aromatic N) is 1. The molecule has 0 saturated carbocycles. The van der Waals surface area contributed by atoms with Crippen molar-refractivity contribution >= 4 is 28.9 Å². The lowest BCUT2D eigenvalue weighted by atomic mass is 10.1. The van der Waals surface area contributed by atoms with Gasteiger partial charge in [-0.15, -0.1) is 0 Å². The maximum absolute atomic E-state index is 12.2. The molecule has 0 spiro atoms. The first-order chi connectivity index (χ1) is 9.09. The average molecular weight is 275 g/mol. The SMILES string of the molecule is CN(C(=O)Cc1ccccc1Cl)c1ccccc1N. The Balaban J connectivity index is 2.17. The number of carbonyl (C=O) groups is 1. The van der Waals surface area contributed by atoms with Crippen molar-refractivity contribution in [3.63, 3.8) is 0 Å². The number of hydrogen-bond donors (Lipinski definition) is 1. The summed E-state index contributed by atoms with van der Waals surface area (Å²) in [5.41, 5.74) is 7.97. The highest BCUT2D eigenvalue weighted by atomic mass is 35.5. The van der Waals surface area contributed by atoms with Gasteiger partial charge in [-0.3, -0.25) is 4.79 Å². The van der Waals surface area contributed by atoms with E-state index in [2.05, 4.69) is 0 Å². The number of halogens is 1. The molecule has 3 nitrogen and oxygen atoms in total. The Morgan fingerprint density at radius 3 is 2.47 bits per heavy atom. The third-order valence-electron chi connectivity index (χ3n) is 2.97. The Labute approximate surface area is 117 Å². The molecule has 0 aliphatic heterocycles. The van der Waals surface area contributed by atoms with Crippen LogP contribution in [0.5, 0.6) is 0 Å². The van der Waals surface area contributed by atoms with E-state index in [1.54, 1.807) is 24.1 Å². The first kappa shape index (κ1) is 13.4. The van der Waals surface area contributed by atoms with Crippen LogP contribution in [0.3, 0.4) is 0 Å². The molecule has 0 fully saturated rings. The van der Waals surface area contributed by atoms with Gasteiger partial charge in [0.05, 0.1) is 17.8 Å². The van der Waals surface area contributed by atoms with Gasteiger partial charge in [-0.2, -0.15) is 0 Å². The molecule has 1 amide bonds. The quantitative estimate of drug-likeness (QED) is 0.874.